The summed E-state index contributed by atoms with van der Waals surface area (Å²) in [6, 6.07) is 8.79. The van der Waals surface area contributed by atoms with E-state index in [0.717, 1.165) is 36.5 Å². The molecule has 5 nitrogen and oxygen atoms in total. The number of carboxylic acids is 1. The van der Waals surface area contributed by atoms with Crippen LogP contribution in [0.15, 0.2) is 36.5 Å². The Morgan fingerprint density at radius 2 is 1.92 bits per heavy atom. The minimum absolute atomic E-state index is 0.0353. The molecule has 4 rings (SSSR count). The highest BCUT2D eigenvalue weighted by Gasteiger charge is 2.48. The summed E-state index contributed by atoms with van der Waals surface area (Å²) in [6.45, 7) is 0. The van der Waals surface area contributed by atoms with Crippen molar-refractivity contribution in [1.82, 2.24) is 9.88 Å². The van der Waals surface area contributed by atoms with Crippen molar-refractivity contribution in [2.24, 2.45) is 5.92 Å². The number of rotatable bonds is 2. The molecule has 1 aliphatic carbocycles. The highest BCUT2D eigenvalue weighted by atomic mass is 16.4. The molecule has 2 aromatic rings. The SMILES string of the molecule is O=C(O)[C@@H]1C[C@H]2CCCC[C@@H]2N1C(=O)c1nccc2ccccc12. The number of carbonyl (C=O) groups excluding carboxylic acids is 1. The Morgan fingerprint density at radius 3 is 2.75 bits per heavy atom. The Morgan fingerprint density at radius 1 is 1.12 bits per heavy atom. The largest absolute Gasteiger partial charge is 0.480 e. The first-order valence-corrected chi connectivity index (χ1v) is 8.56. The summed E-state index contributed by atoms with van der Waals surface area (Å²) in [7, 11) is 0. The van der Waals surface area contributed by atoms with Crippen LogP contribution in [-0.4, -0.2) is 39.0 Å². The monoisotopic (exact) mass is 324 g/mol. The molecule has 1 amide bonds. The van der Waals surface area contributed by atoms with Gasteiger partial charge in [0, 0.05) is 17.6 Å². The molecule has 124 valence electrons. The van der Waals surface area contributed by atoms with E-state index in [1.165, 1.54) is 0 Å². The average Bonchev–Trinajstić information content (AvgIpc) is 3.00. The van der Waals surface area contributed by atoms with Crippen molar-refractivity contribution in [3.8, 4) is 0 Å². The van der Waals surface area contributed by atoms with Crippen LogP contribution in [0.1, 0.15) is 42.6 Å². The van der Waals surface area contributed by atoms with Gasteiger partial charge in [-0.2, -0.15) is 0 Å². The van der Waals surface area contributed by atoms with Gasteiger partial charge >= 0.3 is 5.97 Å². The van der Waals surface area contributed by atoms with E-state index in [1.807, 2.05) is 30.3 Å². The van der Waals surface area contributed by atoms with Crippen LogP contribution >= 0.6 is 0 Å². The number of pyridine rings is 1. The summed E-state index contributed by atoms with van der Waals surface area (Å²) in [5, 5.41) is 11.4. The van der Waals surface area contributed by atoms with E-state index in [9.17, 15) is 14.7 Å². The molecule has 3 atom stereocenters. The van der Waals surface area contributed by atoms with Gasteiger partial charge in [-0.1, -0.05) is 37.1 Å². The first kappa shape index (κ1) is 15.1. The maximum atomic E-state index is 13.2. The van der Waals surface area contributed by atoms with Gasteiger partial charge in [0.2, 0.25) is 0 Å². The normalized spacial score (nSPS) is 26.3. The van der Waals surface area contributed by atoms with Gasteiger partial charge in [-0.25, -0.2) is 4.79 Å². The third-order valence-corrected chi connectivity index (χ3v) is 5.48. The molecule has 24 heavy (non-hydrogen) atoms. The Labute approximate surface area is 140 Å². The molecule has 1 aromatic heterocycles. The van der Waals surface area contributed by atoms with Gasteiger partial charge in [0.25, 0.3) is 5.91 Å². The quantitative estimate of drug-likeness (QED) is 0.921. The van der Waals surface area contributed by atoms with Crippen molar-refractivity contribution in [1.29, 1.82) is 0 Å². The second-order valence-electron chi connectivity index (χ2n) is 6.79. The van der Waals surface area contributed by atoms with E-state index in [-0.39, 0.29) is 11.9 Å². The standard InChI is InChI=1S/C19H20N2O3/c22-18(17-14-7-3-1-5-12(14)9-10-20-17)21-15-8-4-2-6-13(15)11-16(21)19(23)24/h1,3,5,7,9-10,13,15-16H,2,4,6,8,11H2,(H,23,24)/t13-,15+,16+/m1/s1. The number of aliphatic carboxylic acids is 1. The van der Waals surface area contributed by atoms with Gasteiger partial charge in [-0.15, -0.1) is 0 Å². The number of nitrogens with zero attached hydrogens (tertiary/aromatic N) is 2. The number of hydrogen-bond acceptors (Lipinski definition) is 3. The second-order valence-corrected chi connectivity index (χ2v) is 6.79. The van der Waals surface area contributed by atoms with Gasteiger partial charge < -0.3 is 10.0 Å². The molecule has 1 aliphatic heterocycles. The van der Waals surface area contributed by atoms with E-state index in [1.54, 1.807) is 11.1 Å². The molecule has 0 radical (unpaired) electrons. The first-order chi connectivity index (χ1) is 11.7. The maximum absolute atomic E-state index is 13.2. The number of benzene rings is 1. The summed E-state index contributed by atoms with van der Waals surface area (Å²) in [6.07, 6.45) is 6.28. The molecular formula is C19H20N2O3. The van der Waals surface area contributed by atoms with E-state index >= 15 is 0 Å². The number of hydrogen-bond donors (Lipinski definition) is 1. The van der Waals surface area contributed by atoms with Crippen LogP contribution in [-0.2, 0) is 4.79 Å². The Bertz CT molecular complexity index is 799. The highest BCUT2D eigenvalue weighted by Crippen LogP contribution is 2.40. The van der Waals surface area contributed by atoms with Gasteiger partial charge in [0.1, 0.15) is 11.7 Å². The minimum atomic E-state index is -0.905. The lowest BCUT2D eigenvalue weighted by Gasteiger charge is -2.33. The summed E-state index contributed by atoms with van der Waals surface area (Å²) in [5.41, 5.74) is 0.366. The molecule has 1 aromatic carbocycles. The van der Waals surface area contributed by atoms with Crippen molar-refractivity contribution in [3.05, 3.63) is 42.2 Å². The summed E-state index contributed by atoms with van der Waals surface area (Å²) >= 11 is 0. The number of aromatic nitrogens is 1. The smallest absolute Gasteiger partial charge is 0.326 e. The predicted molar refractivity (Wildman–Crippen MR) is 89.7 cm³/mol. The topological polar surface area (TPSA) is 70.5 Å². The lowest BCUT2D eigenvalue weighted by atomic mass is 9.84. The van der Waals surface area contributed by atoms with E-state index in [4.69, 9.17) is 0 Å². The van der Waals surface area contributed by atoms with Crippen molar-refractivity contribution in [2.75, 3.05) is 0 Å². The number of fused-ring (bicyclic) bond motifs is 2. The van der Waals surface area contributed by atoms with Gasteiger partial charge in [-0.3, -0.25) is 9.78 Å². The molecule has 1 saturated carbocycles. The number of carbonyl (C=O) groups is 2. The van der Waals surface area contributed by atoms with Crippen LogP contribution in [0.3, 0.4) is 0 Å². The third-order valence-electron chi connectivity index (χ3n) is 5.48. The second kappa shape index (κ2) is 5.89. The molecular weight excluding hydrogens is 304 g/mol. The van der Waals surface area contributed by atoms with Crippen molar-refractivity contribution < 1.29 is 14.7 Å². The van der Waals surface area contributed by atoms with Crippen LogP contribution in [0.5, 0.6) is 0 Å². The molecule has 2 fully saturated rings. The van der Waals surface area contributed by atoms with Crippen molar-refractivity contribution in [2.45, 2.75) is 44.2 Å². The van der Waals surface area contributed by atoms with Crippen LogP contribution < -0.4 is 0 Å². The lowest BCUT2D eigenvalue weighted by Crippen LogP contribution is -2.46. The molecule has 2 aliphatic rings. The molecule has 2 heterocycles. The first-order valence-electron chi connectivity index (χ1n) is 8.56. The molecule has 0 unspecified atom stereocenters. The predicted octanol–water partition coefficient (Wildman–Crippen LogP) is 3.09. The van der Waals surface area contributed by atoms with Crippen molar-refractivity contribution in [3.63, 3.8) is 0 Å². The molecule has 0 spiro atoms. The van der Waals surface area contributed by atoms with Crippen molar-refractivity contribution >= 4 is 22.6 Å². The fraction of sp³-hybridized carbons (Fsp3) is 0.421. The Hall–Kier alpha value is -2.43. The van der Waals surface area contributed by atoms with E-state index in [0.29, 0.717) is 18.0 Å². The summed E-state index contributed by atoms with van der Waals surface area (Å²) < 4.78 is 0. The van der Waals surface area contributed by atoms with E-state index < -0.39 is 12.0 Å². The Kier molecular flexibility index (Phi) is 3.71. The van der Waals surface area contributed by atoms with Crippen LogP contribution in [0.4, 0.5) is 0 Å². The molecule has 0 bridgehead atoms. The average molecular weight is 324 g/mol. The Balaban J connectivity index is 1.77. The van der Waals surface area contributed by atoms with Gasteiger partial charge in [0.05, 0.1) is 0 Å². The number of likely N-dealkylation sites (tertiary alicyclic amines) is 1. The van der Waals surface area contributed by atoms with Gasteiger partial charge in [0.15, 0.2) is 0 Å². The fourth-order valence-corrected chi connectivity index (χ4v) is 4.38. The van der Waals surface area contributed by atoms with Crippen LogP contribution in [0.25, 0.3) is 10.8 Å². The highest BCUT2D eigenvalue weighted by molar-refractivity contribution is 6.06. The zero-order valence-corrected chi connectivity index (χ0v) is 13.4. The lowest BCUT2D eigenvalue weighted by molar-refractivity contribution is -0.141. The molecule has 1 saturated heterocycles. The number of carboxylic acid groups (broad SMARTS) is 1. The van der Waals surface area contributed by atoms with Crippen LogP contribution in [0.2, 0.25) is 0 Å². The maximum Gasteiger partial charge on any atom is 0.326 e. The van der Waals surface area contributed by atoms with Crippen LogP contribution in [0, 0.1) is 5.92 Å². The minimum Gasteiger partial charge on any atom is -0.480 e. The zero-order chi connectivity index (χ0) is 16.7. The summed E-state index contributed by atoms with van der Waals surface area (Å²) in [5.74, 6) is -0.842. The third kappa shape index (κ3) is 2.35. The molecule has 5 heteroatoms. The van der Waals surface area contributed by atoms with Gasteiger partial charge in [-0.05, 0) is 36.6 Å². The number of amides is 1. The zero-order valence-electron chi connectivity index (χ0n) is 13.4. The molecule has 1 N–H and O–H groups in total. The summed E-state index contributed by atoms with van der Waals surface area (Å²) in [4.78, 5) is 30.9. The van der Waals surface area contributed by atoms with E-state index in [2.05, 4.69) is 4.98 Å². The fourth-order valence-electron chi connectivity index (χ4n) is 4.38.